The third kappa shape index (κ3) is 5.47. The summed E-state index contributed by atoms with van der Waals surface area (Å²) in [7, 11) is -2.13. The fourth-order valence-electron chi connectivity index (χ4n) is 4.12. The van der Waals surface area contributed by atoms with Crippen LogP contribution in [-0.2, 0) is 22.3 Å². The smallest absolute Gasteiger partial charge is 0.408 e. The molecule has 1 saturated heterocycles. The van der Waals surface area contributed by atoms with E-state index in [4.69, 9.17) is 4.43 Å². The van der Waals surface area contributed by atoms with Crippen molar-refractivity contribution in [3.8, 4) is 0 Å². The quantitative estimate of drug-likeness (QED) is 0.418. The average Bonchev–Trinajstić information content (AvgIpc) is 2.74. The summed E-state index contributed by atoms with van der Waals surface area (Å²) < 4.78 is 6.66. The first-order valence-electron chi connectivity index (χ1n) is 11.5. The highest BCUT2D eigenvalue weighted by molar-refractivity contribution is 6.74. The van der Waals surface area contributed by atoms with Crippen LogP contribution in [0.2, 0.25) is 18.1 Å². The normalized spacial score (nSPS) is 19.7. The lowest BCUT2D eigenvalue weighted by Crippen LogP contribution is -2.74. The van der Waals surface area contributed by atoms with Crippen molar-refractivity contribution in [2.24, 2.45) is 0 Å². The lowest BCUT2D eigenvalue weighted by atomic mass is 9.88. The molecule has 0 unspecified atom stereocenters. The summed E-state index contributed by atoms with van der Waals surface area (Å²) in [6.45, 7) is 13.5. The Morgan fingerprint density at radius 1 is 1.06 bits per heavy atom. The van der Waals surface area contributed by atoms with Gasteiger partial charge < -0.3 is 14.4 Å². The lowest BCUT2D eigenvalue weighted by molar-refractivity contribution is -0.166. The molecule has 2 aromatic carbocycles. The Kier molecular flexibility index (Phi) is 7.34. The number of carboxylic acid groups (broad SMARTS) is 1. The molecule has 1 aliphatic heterocycles. The van der Waals surface area contributed by atoms with Crippen molar-refractivity contribution in [1.82, 2.24) is 9.80 Å². The number of carbonyl (C=O) groups is 2. The summed E-state index contributed by atoms with van der Waals surface area (Å²) in [6.07, 6.45) is -1.39. The van der Waals surface area contributed by atoms with Gasteiger partial charge in [-0.1, -0.05) is 81.4 Å². The molecule has 1 fully saturated rings. The third-order valence-corrected chi connectivity index (χ3v) is 11.5. The van der Waals surface area contributed by atoms with Crippen LogP contribution in [0.15, 0.2) is 60.7 Å². The minimum Gasteiger partial charge on any atom is -0.465 e. The number of carbonyl (C=O) groups excluding carboxylic acids is 1. The second-order valence-electron chi connectivity index (χ2n) is 10.4. The van der Waals surface area contributed by atoms with Crippen LogP contribution in [0.1, 0.15) is 38.8 Å². The van der Waals surface area contributed by atoms with Gasteiger partial charge in [0.15, 0.2) is 8.32 Å². The molecule has 2 amide bonds. The summed E-state index contributed by atoms with van der Waals surface area (Å²) >= 11 is 0. The number of hydrogen-bond acceptors (Lipinski definition) is 3. The van der Waals surface area contributed by atoms with Crippen molar-refractivity contribution in [1.29, 1.82) is 0 Å². The maximum Gasteiger partial charge on any atom is 0.408 e. The van der Waals surface area contributed by atoms with Gasteiger partial charge in [0, 0.05) is 13.1 Å². The highest BCUT2D eigenvalue weighted by atomic mass is 28.4. The summed E-state index contributed by atoms with van der Waals surface area (Å²) in [5.41, 5.74) is 1.87. The van der Waals surface area contributed by atoms with Crippen molar-refractivity contribution in [2.45, 2.75) is 77.1 Å². The van der Waals surface area contributed by atoms with Gasteiger partial charge in [-0.15, -0.1) is 0 Å². The summed E-state index contributed by atoms with van der Waals surface area (Å²) in [4.78, 5) is 28.7. The average molecular weight is 469 g/mol. The van der Waals surface area contributed by atoms with E-state index < -0.39 is 20.5 Å². The second-order valence-corrected chi connectivity index (χ2v) is 15.1. The monoisotopic (exact) mass is 468 g/mol. The zero-order valence-corrected chi connectivity index (χ0v) is 21.5. The molecule has 1 aliphatic rings. The zero-order chi connectivity index (χ0) is 24.4. The third-order valence-electron chi connectivity index (χ3n) is 6.96. The van der Waals surface area contributed by atoms with Crippen LogP contribution in [0.3, 0.4) is 0 Å². The van der Waals surface area contributed by atoms with Gasteiger partial charge in [0.25, 0.3) is 0 Å². The zero-order valence-electron chi connectivity index (χ0n) is 20.5. The Morgan fingerprint density at radius 2 is 1.58 bits per heavy atom. The standard InChI is InChI=1S/C26H36N2O4Si/c1-19(32-33(5,6)26(2,3)4)22-23(24(29)27(22)17-20-13-9-7-10-14-20)28(25(30)31)18-21-15-11-8-12-16-21/h7-16,19,22-23H,17-18H2,1-6H3,(H,30,31)/t19-,22+,23-/m0/s1. The molecule has 2 aromatic rings. The first kappa shape index (κ1) is 25.0. The minimum absolute atomic E-state index is 0.00525. The number of amides is 2. The van der Waals surface area contributed by atoms with Gasteiger partial charge in [-0.2, -0.15) is 0 Å². The maximum absolute atomic E-state index is 13.4. The summed E-state index contributed by atoms with van der Waals surface area (Å²) in [5.74, 6) is -0.173. The number of hydrogen-bond donors (Lipinski definition) is 1. The van der Waals surface area contributed by atoms with Gasteiger partial charge in [-0.3, -0.25) is 9.69 Å². The van der Waals surface area contributed by atoms with Gasteiger partial charge in [0.1, 0.15) is 6.04 Å². The van der Waals surface area contributed by atoms with E-state index in [1.54, 1.807) is 4.90 Å². The van der Waals surface area contributed by atoms with E-state index in [0.717, 1.165) is 11.1 Å². The predicted octanol–water partition coefficient (Wildman–Crippen LogP) is 5.36. The Morgan fingerprint density at radius 3 is 2.06 bits per heavy atom. The number of benzene rings is 2. The molecule has 6 nitrogen and oxygen atoms in total. The molecular formula is C26H36N2O4Si. The molecule has 0 spiro atoms. The Bertz CT molecular complexity index is 959. The van der Waals surface area contributed by atoms with Crippen LogP contribution < -0.4 is 0 Å². The van der Waals surface area contributed by atoms with E-state index in [2.05, 4.69) is 33.9 Å². The van der Waals surface area contributed by atoms with Crippen LogP contribution in [0, 0.1) is 0 Å². The molecule has 3 rings (SSSR count). The summed E-state index contributed by atoms with van der Waals surface area (Å²) in [6, 6.07) is 18.1. The highest BCUT2D eigenvalue weighted by Crippen LogP contribution is 2.40. The molecule has 0 aromatic heterocycles. The topological polar surface area (TPSA) is 70.1 Å². The Hall–Kier alpha value is -2.64. The predicted molar refractivity (Wildman–Crippen MR) is 132 cm³/mol. The fourth-order valence-corrected chi connectivity index (χ4v) is 5.54. The lowest BCUT2D eigenvalue weighted by Gasteiger charge is -2.54. The van der Waals surface area contributed by atoms with Crippen molar-refractivity contribution in [2.75, 3.05) is 0 Å². The number of β-lactam (4-membered cyclic amide) rings is 1. The van der Waals surface area contributed by atoms with Crippen LogP contribution >= 0.6 is 0 Å². The van der Waals surface area contributed by atoms with Crippen LogP contribution in [-0.4, -0.2) is 53.4 Å². The Balaban J connectivity index is 1.91. The molecule has 33 heavy (non-hydrogen) atoms. The van der Waals surface area contributed by atoms with E-state index in [1.807, 2.05) is 67.6 Å². The number of likely N-dealkylation sites (tertiary alicyclic amines) is 1. The second kappa shape index (κ2) is 9.69. The van der Waals surface area contributed by atoms with E-state index in [-0.39, 0.29) is 29.6 Å². The van der Waals surface area contributed by atoms with Crippen molar-refractivity contribution in [3.05, 3.63) is 71.8 Å². The molecule has 7 heteroatoms. The molecule has 178 valence electrons. The molecule has 0 radical (unpaired) electrons. The molecular weight excluding hydrogens is 432 g/mol. The molecule has 3 atom stereocenters. The number of rotatable bonds is 8. The minimum atomic E-state index is -2.13. The molecule has 0 bridgehead atoms. The highest BCUT2D eigenvalue weighted by Gasteiger charge is 2.55. The molecule has 0 saturated carbocycles. The van der Waals surface area contributed by atoms with Crippen LogP contribution in [0.5, 0.6) is 0 Å². The van der Waals surface area contributed by atoms with Gasteiger partial charge in [-0.25, -0.2) is 4.79 Å². The first-order chi connectivity index (χ1) is 15.4. The van der Waals surface area contributed by atoms with E-state index in [9.17, 15) is 14.7 Å². The van der Waals surface area contributed by atoms with Gasteiger partial charge >= 0.3 is 6.09 Å². The van der Waals surface area contributed by atoms with E-state index >= 15 is 0 Å². The van der Waals surface area contributed by atoms with Gasteiger partial charge in [-0.05, 0) is 36.2 Å². The maximum atomic E-state index is 13.4. The van der Waals surface area contributed by atoms with Crippen LogP contribution in [0.4, 0.5) is 4.79 Å². The van der Waals surface area contributed by atoms with E-state index in [0.29, 0.717) is 6.54 Å². The van der Waals surface area contributed by atoms with Crippen molar-refractivity contribution >= 4 is 20.3 Å². The largest absolute Gasteiger partial charge is 0.465 e. The van der Waals surface area contributed by atoms with Crippen LogP contribution in [0.25, 0.3) is 0 Å². The fraction of sp³-hybridized carbons (Fsp3) is 0.462. The molecule has 1 heterocycles. The SMILES string of the molecule is C[C@H](O[Si](C)(C)C(C)(C)C)[C@@H]1[C@H](N(Cc2ccccc2)C(=O)O)C(=O)N1Cc1ccccc1. The number of nitrogens with zero attached hydrogens (tertiary/aromatic N) is 2. The molecule has 1 N–H and O–H groups in total. The molecule has 0 aliphatic carbocycles. The van der Waals surface area contributed by atoms with Gasteiger partial charge in [0.05, 0.1) is 12.1 Å². The van der Waals surface area contributed by atoms with E-state index in [1.165, 1.54) is 4.90 Å². The Labute approximate surface area is 198 Å². The summed E-state index contributed by atoms with van der Waals surface area (Å²) in [5, 5.41) is 10.1. The van der Waals surface area contributed by atoms with Crippen molar-refractivity contribution < 1.29 is 19.1 Å². The first-order valence-corrected chi connectivity index (χ1v) is 14.4. The van der Waals surface area contributed by atoms with Crippen molar-refractivity contribution in [3.63, 3.8) is 0 Å². The van der Waals surface area contributed by atoms with Gasteiger partial charge in [0.2, 0.25) is 5.91 Å².